The second kappa shape index (κ2) is 15.9. The smallest absolute Gasteiger partial charge is 0.429 e. The average molecular weight is 669 g/mol. The van der Waals surface area contributed by atoms with Gasteiger partial charge in [-0.05, 0) is 53.3 Å². The molecular weight excluding hydrogens is 632 g/mol. The number of hydrogen-bond acceptors (Lipinski definition) is 13. The van der Waals surface area contributed by atoms with Crippen LogP contribution in [0.15, 0.2) is 101 Å². The van der Waals surface area contributed by atoms with E-state index in [0.29, 0.717) is 59.1 Å². The Morgan fingerprint density at radius 2 is 1.67 bits per heavy atom. The van der Waals surface area contributed by atoms with Gasteiger partial charge in [0.15, 0.2) is 0 Å². The fourth-order valence-corrected chi connectivity index (χ4v) is 5.15. The van der Waals surface area contributed by atoms with Crippen LogP contribution in [0.5, 0.6) is 0 Å². The molecule has 1 aromatic heterocycles. The molecule has 0 unspecified atom stereocenters. The van der Waals surface area contributed by atoms with Gasteiger partial charge in [0.05, 0.1) is 18.5 Å². The van der Waals surface area contributed by atoms with E-state index in [1.54, 1.807) is 36.1 Å². The zero-order valence-corrected chi connectivity index (χ0v) is 27.0. The maximum atomic E-state index is 13.0. The molecule has 0 aliphatic carbocycles. The molecule has 4 aromatic rings. The van der Waals surface area contributed by atoms with Crippen LogP contribution < -0.4 is 5.73 Å². The van der Waals surface area contributed by atoms with Crippen molar-refractivity contribution < 1.29 is 34.3 Å². The lowest BCUT2D eigenvalue weighted by Crippen LogP contribution is -2.42. The van der Waals surface area contributed by atoms with Gasteiger partial charge in [0.25, 0.3) is 0 Å². The maximum Gasteiger partial charge on any atom is 0.510 e. The first-order valence-corrected chi connectivity index (χ1v) is 15.2. The maximum absolute atomic E-state index is 13.0. The predicted octanol–water partition coefficient (Wildman–Crippen LogP) is 5.12. The Morgan fingerprint density at radius 1 is 0.959 bits per heavy atom. The highest BCUT2D eigenvalue weighted by molar-refractivity contribution is 6.10. The second-order valence-corrected chi connectivity index (χ2v) is 11.2. The summed E-state index contributed by atoms with van der Waals surface area (Å²) in [6.07, 6.45) is -0.0413. The topological polar surface area (TPSA) is 191 Å². The third-order valence-electron chi connectivity index (χ3n) is 7.41. The molecule has 1 amide bonds. The van der Waals surface area contributed by atoms with Crippen molar-refractivity contribution in [2.24, 2.45) is 10.7 Å². The molecule has 0 saturated carbocycles. The molecule has 1 saturated heterocycles. The molecule has 254 valence electrons. The fourth-order valence-electron chi connectivity index (χ4n) is 5.15. The highest BCUT2D eigenvalue weighted by atomic mass is 17.1. The van der Waals surface area contributed by atoms with E-state index in [1.165, 1.54) is 0 Å². The van der Waals surface area contributed by atoms with Crippen molar-refractivity contribution in [3.8, 4) is 22.5 Å². The van der Waals surface area contributed by atoms with E-state index in [4.69, 9.17) is 25.6 Å². The molecule has 1 aliphatic rings. The highest BCUT2D eigenvalue weighted by Gasteiger charge is 2.29. The third kappa shape index (κ3) is 9.21. The molecule has 5 rings (SSSR count). The Kier molecular flexibility index (Phi) is 11.2. The Hall–Kier alpha value is -5.74. The van der Waals surface area contributed by atoms with Crippen molar-refractivity contribution in [2.45, 2.75) is 53.2 Å². The Labute approximate surface area is 282 Å². The van der Waals surface area contributed by atoms with E-state index in [-0.39, 0.29) is 31.2 Å². The zero-order valence-electron chi connectivity index (χ0n) is 27.0. The molecule has 15 nitrogen and oxygen atoms in total. The number of tetrazole rings is 1. The molecular formula is C34H36N8O7. The third-order valence-corrected chi connectivity index (χ3v) is 7.41. The van der Waals surface area contributed by atoms with E-state index in [1.807, 2.05) is 55.5 Å². The van der Waals surface area contributed by atoms with Gasteiger partial charge in [0.1, 0.15) is 12.4 Å². The molecule has 2 heterocycles. The number of amidine groups is 1. The SMILES string of the molecule is C=C(C)/N=C1\C(=C(\C)N)CCC(=O)N1Cc1ccc(-c2ccccc2-c2nnn(COC(=O)OCc3cccc(CON(O)O)c3)n2)cc1. The first kappa shape index (κ1) is 34.6. The predicted molar refractivity (Wildman–Crippen MR) is 176 cm³/mol. The van der Waals surface area contributed by atoms with Crippen molar-refractivity contribution >= 4 is 17.9 Å². The summed E-state index contributed by atoms with van der Waals surface area (Å²) in [4.78, 5) is 37.1. The van der Waals surface area contributed by atoms with Gasteiger partial charge in [-0.15, -0.1) is 15.0 Å². The van der Waals surface area contributed by atoms with Crippen LogP contribution in [0.4, 0.5) is 4.79 Å². The number of carbonyl (C=O) groups excluding carboxylic acids is 2. The Morgan fingerprint density at radius 3 is 2.37 bits per heavy atom. The molecule has 15 heteroatoms. The zero-order chi connectivity index (χ0) is 34.9. The van der Waals surface area contributed by atoms with Crippen LogP contribution in [0.3, 0.4) is 0 Å². The number of carbonyl (C=O) groups is 2. The molecule has 0 radical (unpaired) electrons. The number of ether oxygens (including phenoxy) is 2. The summed E-state index contributed by atoms with van der Waals surface area (Å²) < 4.78 is 10.3. The average Bonchev–Trinajstić information content (AvgIpc) is 3.56. The quantitative estimate of drug-likeness (QED) is 0.134. The molecule has 0 spiro atoms. The number of amides is 1. The van der Waals surface area contributed by atoms with Crippen LogP contribution in [0.2, 0.25) is 0 Å². The van der Waals surface area contributed by atoms with Crippen LogP contribution in [-0.4, -0.2) is 58.8 Å². The van der Waals surface area contributed by atoms with Crippen molar-refractivity contribution in [3.05, 3.63) is 113 Å². The summed E-state index contributed by atoms with van der Waals surface area (Å²) in [6.45, 7) is 7.31. The van der Waals surface area contributed by atoms with Crippen molar-refractivity contribution in [1.82, 2.24) is 30.5 Å². The lowest BCUT2D eigenvalue weighted by Gasteiger charge is -2.31. The lowest BCUT2D eigenvalue weighted by molar-refractivity contribution is -0.497. The van der Waals surface area contributed by atoms with E-state index in [0.717, 1.165) is 27.1 Å². The van der Waals surface area contributed by atoms with Gasteiger partial charge in [-0.3, -0.25) is 20.1 Å². The number of nitrogens with zero attached hydrogens (tertiary/aromatic N) is 7. The summed E-state index contributed by atoms with van der Waals surface area (Å²) in [5.74, 6) is 0.847. The van der Waals surface area contributed by atoms with Crippen molar-refractivity contribution in [3.63, 3.8) is 0 Å². The number of rotatable bonds is 12. The monoisotopic (exact) mass is 668 g/mol. The Balaban J connectivity index is 1.22. The number of allylic oxidation sites excluding steroid dienone is 2. The van der Waals surface area contributed by atoms with E-state index >= 15 is 0 Å². The standard InChI is InChI=1S/C34H36N8O7/c1-22(2)36-33-28(23(3)35)15-16-31(43)40(33)18-24-11-13-27(14-12-24)29-9-4-5-10-30(29)32-37-39-41(38-32)21-48-34(44)47-19-25-7-6-8-26(17-25)20-49-42(45)46/h4-14,17,45-46H,1,15-16,18-21,35H2,2-3H3/b28-23-,36-33+. The largest absolute Gasteiger partial charge is 0.510 e. The molecule has 3 aromatic carbocycles. The number of aliphatic imine (C=N–C) groups is 1. The highest BCUT2D eigenvalue weighted by Crippen LogP contribution is 2.31. The molecule has 1 fully saturated rings. The molecule has 0 atom stereocenters. The molecule has 4 N–H and O–H groups in total. The van der Waals surface area contributed by atoms with Crippen molar-refractivity contribution in [2.75, 3.05) is 0 Å². The summed E-state index contributed by atoms with van der Waals surface area (Å²) in [5, 5.41) is 29.6. The molecule has 49 heavy (non-hydrogen) atoms. The van der Waals surface area contributed by atoms with Crippen LogP contribution in [0.25, 0.3) is 22.5 Å². The first-order chi connectivity index (χ1) is 23.6. The van der Waals surface area contributed by atoms with Crippen molar-refractivity contribution in [1.29, 1.82) is 0 Å². The molecule has 1 aliphatic heterocycles. The number of piperidine rings is 1. The number of likely N-dealkylation sites (tertiary alicyclic amines) is 1. The Bertz CT molecular complexity index is 1880. The van der Waals surface area contributed by atoms with Crippen LogP contribution >= 0.6 is 0 Å². The minimum absolute atomic E-state index is 0.0256. The number of nitrogens with two attached hydrogens (primary N) is 1. The summed E-state index contributed by atoms with van der Waals surface area (Å²) in [5.41, 5.74) is 12.9. The minimum atomic E-state index is -0.937. The van der Waals surface area contributed by atoms with E-state index in [9.17, 15) is 9.59 Å². The normalized spacial score (nSPS) is 15.1. The van der Waals surface area contributed by atoms with Gasteiger partial charge < -0.3 is 15.2 Å². The van der Waals surface area contributed by atoms with Gasteiger partial charge in [-0.25, -0.2) is 14.6 Å². The number of benzene rings is 3. The van der Waals surface area contributed by atoms with Crippen LogP contribution in [0.1, 0.15) is 43.4 Å². The number of aromatic nitrogens is 4. The van der Waals surface area contributed by atoms with Gasteiger partial charge in [-0.2, -0.15) is 0 Å². The van der Waals surface area contributed by atoms with Gasteiger partial charge in [0, 0.05) is 29.0 Å². The lowest BCUT2D eigenvalue weighted by atomic mass is 9.97. The summed E-state index contributed by atoms with van der Waals surface area (Å²) in [7, 11) is 0. The summed E-state index contributed by atoms with van der Waals surface area (Å²) in [6, 6.07) is 22.2. The number of hydrogen-bond donors (Lipinski definition) is 3. The summed E-state index contributed by atoms with van der Waals surface area (Å²) >= 11 is 0. The molecule has 0 bridgehead atoms. The van der Waals surface area contributed by atoms with Crippen LogP contribution in [-0.2, 0) is 45.6 Å². The van der Waals surface area contributed by atoms with Gasteiger partial charge >= 0.3 is 6.16 Å². The minimum Gasteiger partial charge on any atom is -0.429 e. The van der Waals surface area contributed by atoms with Crippen LogP contribution in [0, 0.1) is 0 Å². The first-order valence-electron chi connectivity index (χ1n) is 15.2. The van der Waals surface area contributed by atoms with E-state index < -0.39 is 6.16 Å². The van der Waals surface area contributed by atoms with Gasteiger partial charge in [-0.1, -0.05) is 79.4 Å². The van der Waals surface area contributed by atoms with E-state index in [2.05, 4.69) is 31.8 Å². The second-order valence-electron chi connectivity index (χ2n) is 11.2. The van der Waals surface area contributed by atoms with Gasteiger partial charge in [0.2, 0.25) is 18.5 Å². The fraction of sp³-hybridized carbons (Fsp3) is 0.235.